The van der Waals surface area contributed by atoms with Gasteiger partial charge in [0.2, 0.25) is 0 Å². The number of rotatable bonds is 9. The van der Waals surface area contributed by atoms with Gasteiger partial charge in [-0.25, -0.2) is 27.2 Å². The summed E-state index contributed by atoms with van der Waals surface area (Å²) in [7, 11) is -0.426. The van der Waals surface area contributed by atoms with E-state index >= 15 is 0 Å². The second-order valence-corrected chi connectivity index (χ2v) is 36.7. The number of piperazine rings is 4. The Morgan fingerprint density at radius 1 is 0.496 bits per heavy atom. The van der Waals surface area contributed by atoms with Gasteiger partial charge in [0.15, 0.2) is 0 Å². The van der Waals surface area contributed by atoms with E-state index in [2.05, 4.69) is 54.9 Å². The molecule has 3 amide bonds. The van der Waals surface area contributed by atoms with E-state index in [9.17, 15) is 31.9 Å². The number of nitrogens with one attached hydrogen (secondary N) is 3. The Labute approximate surface area is 723 Å². The smallest absolute Gasteiger partial charge is 0.444 e. The lowest BCUT2D eigenvalue weighted by Crippen LogP contribution is -2.58. The van der Waals surface area contributed by atoms with E-state index in [1.54, 1.807) is 42.5 Å². The summed E-state index contributed by atoms with van der Waals surface area (Å²) in [4.78, 5) is 49.1. The van der Waals surface area contributed by atoms with Crippen LogP contribution in [0.5, 0.6) is 0 Å². The Kier molecular flexibility index (Phi) is 29.7. The van der Waals surface area contributed by atoms with Crippen molar-refractivity contribution in [3.8, 4) is 0 Å². The lowest BCUT2D eigenvalue weighted by atomic mass is 9.75. The molecule has 0 unspecified atom stereocenters. The molecule has 6 heterocycles. The molecule has 10 aliphatic rings. The van der Waals surface area contributed by atoms with Crippen LogP contribution < -0.4 is 36.1 Å². The first-order valence-corrected chi connectivity index (χ1v) is 43.1. The minimum atomic E-state index is -0.490. The number of amides is 3. The number of halogens is 9. The summed E-state index contributed by atoms with van der Waals surface area (Å²) in [6.45, 7) is 30.5. The van der Waals surface area contributed by atoms with E-state index in [0.717, 1.165) is 141 Å². The van der Waals surface area contributed by atoms with Crippen molar-refractivity contribution in [3.63, 3.8) is 0 Å². The number of ether oxygens (including phenoxy) is 2. The summed E-state index contributed by atoms with van der Waals surface area (Å²) < 4.78 is 77.9. The number of carbonyl (C=O) groups is 3. The molecule has 8 aromatic carbocycles. The lowest BCUT2D eigenvalue weighted by Gasteiger charge is -2.43. The highest BCUT2D eigenvalue weighted by molar-refractivity contribution is 14.1. The van der Waals surface area contributed by atoms with Gasteiger partial charge >= 0.3 is 19.3 Å². The first-order valence-electron chi connectivity index (χ1n) is 40.4. The molecule has 0 radical (unpaired) electrons. The Morgan fingerprint density at radius 3 is 1.38 bits per heavy atom. The molecule has 0 bridgehead atoms. The molecule has 0 aromatic heterocycles. The van der Waals surface area contributed by atoms with Gasteiger partial charge < -0.3 is 49.4 Å². The number of benzene rings is 8. The van der Waals surface area contributed by atoms with E-state index in [-0.39, 0.29) is 81.6 Å². The number of anilines is 4. The van der Waals surface area contributed by atoms with Crippen LogP contribution in [0.25, 0.3) is 10.8 Å². The number of hydrogen-bond donors (Lipinski definition) is 3. The van der Waals surface area contributed by atoms with Crippen molar-refractivity contribution in [2.24, 2.45) is 0 Å². The van der Waals surface area contributed by atoms with Crippen molar-refractivity contribution in [3.05, 3.63) is 231 Å². The Bertz CT molecular complexity index is 4660. The Hall–Kier alpha value is -7.10. The van der Waals surface area contributed by atoms with Crippen LogP contribution in [0.1, 0.15) is 153 Å². The van der Waals surface area contributed by atoms with Crippen molar-refractivity contribution in [2.45, 2.75) is 189 Å². The van der Waals surface area contributed by atoms with Crippen molar-refractivity contribution >= 4 is 134 Å². The van der Waals surface area contributed by atoms with Crippen LogP contribution in [0.3, 0.4) is 0 Å². The molecule has 628 valence electrons. The summed E-state index contributed by atoms with van der Waals surface area (Å²) in [6.07, 6.45) is 8.61. The third kappa shape index (κ3) is 22.9. The van der Waals surface area contributed by atoms with Crippen LogP contribution in [-0.4, -0.2) is 163 Å². The maximum Gasteiger partial charge on any atom is 0.495 e. The van der Waals surface area contributed by atoms with E-state index in [1.165, 1.54) is 49.4 Å². The largest absolute Gasteiger partial charge is 0.495 e. The molecule has 3 N–H and O–H groups in total. The normalized spacial score (nSPS) is 19.4. The second kappa shape index (κ2) is 38.3. The number of nitrogens with zero attached hydrogens (tertiary/aromatic N) is 6. The summed E-state index contributed by atoms with van der Waals surface area (Å²) >= 11 is 19.0. The van der Waals surface area contributed by atoms with Crippen LogP contribution in [0.2, 0.25) is 0 Å². The fraction of sp³-hybridized carbons (Fsp3) is 0.462. The van der Waals surface area contributed by atoms with Crippen LogP contribution in [0.15, 0.2) is 176 Å². The van der Waals surface area contributed by atoms with Gasteiger partial charge in [0.25, 0.3) is 5.91 Å². The van der Waals surface area contributed by atoms with Gasteiger partial charge in [-0.1, -0.05) is 115 Å². The van der Waals surface area contributed by atoms with Crippen molar-refractivity contribution in [2.75, 3.05) is 98.6 Å². The van der Waals surface area contributed by atoms with Crippen molar-refractivity contribution in [1.29, 1.82) is 0 Å². The minimum absolute atomic E-state index is 0. The quantitative estimate of drug-likeness (QED) is 0.0546. The molecule has 26 heteroatoms. The molecule has 4 spiro atoms. The van der Waals surface area contributed by atoms with E-state index < -0.39 is 18.3 Å². The minimum Gasteiger partial charge on any atom is -0.444 e. The molecule has 9 fully saturated rings. The average Bonchev–Trinajstić information content (AvgIpc) is 1.61. The highest BCUT2D eigenvalue weighted by Gasteiger charge is 2.57. The van der Waals surface area contributed by atoms with Gasteiger partial charge in [-0.3, -0.25) is 19.5 Å². The molecule has 0 atom stereocenters. The van der Waals surface area contributed by atoms with E-state index in [1.807, 2.05) is 198 Å². The molecule has 6 aliphatic heterocycles. The van der Waals surface area contributed by atoms with Gasteiger partial charge in [0.1, 0.15) is 34.5 Å². The predicted octanol–water partition coefficient (Wildman–Crippen LogP) is 19.7. The summed E-state index contributed by atoms with van der Waals surface area (Å²) in [6, 6.07) is 53.9. The maximum absolute atomic E-state index is 14.1. The van der Waals surface area contributed by atoms with Crippen molar-refractivity contribution in [1.82, 2.24) is 25.3 Å². The lowest BCUT2D eigenvalue weighted by molar-refractivity contribution is 0.00578. The summed E-state index contributed by atoms with van der Waals surface area (Å²) in [5.41, 5.74) is 8.22. The molecular formula is C91H111BCl4F4IN9O7. The van der Waals surface area contributed by atoms with Gasteiger partial charge in [-0.2, -0.15) is 0 Å². The monoisotopic (exact) mass is 1800 g/mol. The molecule has 8 aromatic rings. The van der Waals surface area contributed by atoms with Crippen LogP contribution >= 0.6 is 69.8 Å². The van der Waals surface area contributed by atoms with Crippen LogP contribution in [-0.2, 0) is 43.0 Å². The fourth-order valence-electron chi connectivity index (χ4n) is 15.4. The van der Waals surface area contributed by atoms with Gasteiger partial charge in [0, 0.05) is 134 Å². The van der Waals surface area contributed by atoms with Gasteiger partial charge in [-0.05, 0) is 237 Å². The topological polar surface area (TPSA) is 144 Å². The van der Waals surface area contributed by atoms with Gasteiger partial charge in [0.05, 0.1) is 39.3 Å². The number of alkyl halides is 3. The molecule has 117 heavy (non-hydrogen) atoms. The molecule has 4 aliphatic carbocycles. The summed E-state index contributed by atoms with van der Waals surface area (Å²) in [5, 5.41) is 11.7. The average molecular weight is 1800 g/mol. The van der Waals surface area contributed by atoms with Gasteiger partial charge in [-0.15, -0.1) is 47.2 Å². The molecule has 18 rings (SSSR count). The highest BCUT2D eigenvalue weighted by Crippen LogP contribution is 2.49. The van der Waals surface area contributed by atoms with E-state index in [4.69, 9.17) is 53.6 Å². The zero-order valence-corrected chi connectivity index (χ0v) is 74.0. The molecular weight excluding hydrogens is 1690 g/mol. The fourth-order valence-corrected chi connectivity index (χ4v) is 16.4. The third-order valence-electron chi connectivity index (χ3n) is 23.3. The molecule has 5 saturated heterocycles. The third-order valence-corrected chi connectivity index (χ3v) is 25.1. The van der Waals surface area contributed by atoms with Crippen molar-refractivity contribution < 1.29 is 50.7 Å². The molecule has 4 saturated carbocycles. The second-order valence-electron chi connectivity index (χ2n) is 34.8. The predicted molar refractivity (Wildman–Crippen MR) is 476 cm³/mol. The Morgan fingerprint density at radius 2 is 0.940 bits per heavy atom. The Balaban J connectivity index is 0.000000137. The summed E-state index contributed by atoms with van der Waals surface area (Å²) in [5.74, 6) is 1.09. The SMILES string of the molecule is CC(C)(C)OC(=O)N1CCN(c2ccccc2F)CC12CC2.CC(C)(C)OC(=O)N1CCNCC12CC2.CC1(C)OB(c2ccc3c4c(cccc24)C(=O)N3)OC1(C)C.Cl.ClCc1ccc(CCl)cc1.Fc1ccccc1I.Fc1ccccc1N1CCN(Cc2ccc(CCl)cc2)C2(CC2)C1.Fc1ccccc1N1CCNC2(CC2)C1. The number of carbonyl (C=O) groups excluding carboxylic acids is 3. The zero-order valence-electron chi connectivity index (χ0n) is 68.8. The standard InChI is InChI=1S/C20H22ClFN2.C17H18BNO3.C17H23FN2O2.C12H15FN2.C11H20N2O2.C8H8Cl2.C6H4FI.ClH/c21-13-16-5-7-17(8-6-16)14-24-12-11-23(15-20(24)9-10-20)19-4-2-1-3-18(19)22;1-16(2)17(3,4)22-18(21-16)12-8-9-13-14-10(12)6-5-7-11(14)15(20)19-13;1-16(2,3)22-15(21)20-11-10-19(12-17(20)8-9-17)14-7-5-4-6-13(14)18;13-10-3-1-2-4-11(10)15-8-7-14-12(9-15)5-6-12;1-10(2,3)15-9(14)13-7-6-12-8-11(13)4-5-11;9-5-7-1-2-8(6-10)4-3-7;7-5-3-1-2-4-6(5)8;/h1-8H,9-15H2;5-9H,1-4H3,(H,19,20);4-7H,8-12H2,1-3H3;1-4,14H,5-9H2;12H,4-8H2,1-3H3;1-4H,5-6H2;1-4H;1H. The first kappa shape index (κ1) is 90.7. The maximum atomic E-state index is 14.1. The highest BCUT2D eigenvalue weighted by atomic mass is 127. The molecule has 16 nitrogen and oxygen atoms in total. The zero-order chi connectivity index (χ0) is 83.0. The first-order chi connectivity index (χ1) is 55.2. The van der Waals surface area contributed by atoms with Crippen LogP contribution in [0.4, 0.5) is 49.9 Å². The number of hydrogen-bond acceptors (Lipinski definition) is 13. The van der Waals surface area contributed by atoms with E-state index in [0.29, 0.717) is 57.6 Å². The number of para-hydroxylation sites is 3. The van der Waals surface area contributed by atoms with Crippen LogP contribution in [0, 0.1) is 26.8 Å².